The highest BCUT2D eigenvalue weighted by Gasteiger charge is 2.47. The number of methoxy groups -OCH3 is 2. The molecule has 1 saturated carbocycles. The minimum atomic E-state index is -0.847. The Morgan fingerprint density at radius 3 is 2.28 bits per heavy atom. The van der Waals surface area contributed by atoms with E-state index in [0.717, 1.165) is 5.56 Å². The van der Waals surface area contributed by atoms with Crippen LogP contribution in [0.4, 0.5) is 0 Å². The standard InChI is InChI=1S/C14H19ClO3/c1-8(2)9-7-10(17-3)13(18-4)11(12(9)15)14(16)5-6-14/h7-8,16H,5-6H2,1-4H3. The molecule has 0 amide bonds. The van der Waals surface area contributed by atoms with Gasteiger partial charge in [0, 0.05) is 5.56 Å². The summed E-state index contributed by atoms with van der Waals surface area (Å²) in [5.74, 6) is 1.44. The largest absolute Gasteiger partial charge is 0.493 e. The second-order valence-corrected chi connectivity index (χ2v) is 5.45. The van der Waals surface area contributed by atoms with Gasteiger partial charge in [-0.25, -0.2) is 0 Å². The molecule has 0 aliphatic heterocycles. The Hall–Kier alpha value is -0.930. The highest BCUT2D eigenvalue weighted by atomic mass is 35.5. The average molecular weight is 271 g/mol. The predicted octanol–water partition coefficient (Wildman–Crippen LogP) is 3.46. The summed E-state index contributed by atoms with van der Waals surface area (Å²) >= 11 is 6.45. The third kappa shape index (κ3) is 2.06. The van der Waals surface area contributed by atoms with Crippen LogP contribution in [0.5, 0.6) is 11.5 Å². The summed E-state index contributed by atoms with van der Waals surface area (Å²) in [6, 6.07) is 1.89. The smallest absolute Gasteiger partial charge is 0.168 e. The normalized spacial score (nSPS) is 16.8. The molecule has 0 saturated heterocycles. The van der Waals surface area contributed by atoms with Gasteiger partial charge in [-0.3, -0.25) is 0 Å². The van der Waals surface area contributed by atoms with Crippen LogP contribution in [0.2, 0.25) is 5.02 Å². The van der Waals surface area contributed by atoms with Crippen LogP contribution < -0.4 is 9.47 Å². The third-order valence-corrected chi connectivity index (χ3v) is 3.85. The number of halogens is 1. The number of hydrogen-bond donors (Lipinski definition) is 1. The number of ether oxygens (including phenoxy) is 2. The van der Waals surface area contributed by atoms with Crippen molar-refractivity contribution in [2.24, 2.45) is 0 Å². The predicted molar refractivity (Wildman–Crippen MR) is 71.8 cm³/mol. The number of rotatable bonds is 4. The molecule has 0 bridgehead atoms. The first-order valence-electron chi connectivity index (χ1n) is 6.12. The van der Waals surface area contributed by atoms with Crippen LogP contribution in [-0.2, 0) is 5.60 Å². The van der Waals surface area contributed by atoms with Gasteiger partial charge in [-0.05, 0) is 30.4 Å². The van der Waals surface area contributed by atoms with Crippen molar-refractivity contribution in [1.82, 2.24) is 0 Å². The van der Waals surface area contributed by atoms with E-state index in [1.165, 1.54) is 0 Å². The Kier molecular flexibility index (Phi) is 3.47. The summed E-state index contributed by atoms with van der Waals surface area (Å²) in [5, 5.41) is 11.0. The highest BCUT2D eigenvalue weighted by Crippen LogP contribution is 2.55. The van der Waals surface area contributed by atoms with Gasteiger partial charge in [0.2, 0.25) is 0 Å². The number of aliphatic hydroxyl groups is 1. The molecule has 3 nitrogen and oxygen atoms in total. The van der Waals surface area contributed by atoms with E-state index in [-0.39, 0.29) is 5.92 Å². The van der Waals surface area contributed by atoms with Crippen molar-refractivity contribution in [3.63, 3.8) is 0 Å². The quantitative estimate of drug-likeness (QED) is 0.911. The minimum absolute atomic E-state index is 0.262. The van der Waals surface area contributed by atoms with Crippen LogP contribution in [0, 0.1) is 0 Å². The van der Waals surface area contributed by atoms with Crippen LogP contribution in [0.3, 0.4) is 0 Å². The second kappa shape index (κ2) is 4.63. The summed E-state index contributed by atoms with van der Waals surface area (Å²) in [6.07, 6.45) is 1.43. The van der Waals surface area contributed by atoms with Crippen LogP contribution in [0.15, 0.2) is 6.07 Å². The van der Waals surface area contributed by atoms with E-state index in [9.17, 15) is 5.11 Å². The summed E-state index contributed by atoms with van der Waals surface area (Å²) < 4.78 is 10.7. The molecule has 2 rings (SSSR count). The van der Waals surface area contributed by atoms with E-state index in [0.29, 0.717) is 34.9 Å². The molecule has 0 spiro atoms. The molecular weight excluding hydrogens is 252 g/mol. The zero-order valence-electron chi connectivity index (χ0n) is 11.2. The molecule has 0 aromatic heterocycles. The lowest BCUT2D eigenvalue weighted by atomic mass is 9.95. The summed E-state index contributed by atoms with van der Waals surface area (Å²) in [7, 11) is 3.16. The molecule has 1 aliphatic carbocycles. The molecule has 0 atom stereocenters. The molecule has 0 radical (unpaired) electrons. The first kappa shape index (κ1) is 13.5. The number of benzene rings is 1. The van der Waals surface area contributed by atoms with E-state index in [1.54, 1.807) is 14.2 Å². The van der Waals surface area contributed by atoms with Crippen molar-refractivity contribution < 1.29 is 14.6 Å². The monoisotopic (exact) mass is 270 g/mol. The Balaban J connectivity index is 2.70. The molecule has 1 aromatic carbocycles. The third-order valence-electron chi connectivity index (χ3n) is 3.45. The van der Waals surface area contributed by atoms with Gasteiger partial charge in [0.1, 0.15) is 0 Å². The Morgan fingerprint density at radius 2 is 1.89 bits per heavy atom. The van der Waals surface area contributed by atoms with Gasteiger partial charge >= 0.3 is 0 Å². The maximum Gasteiger partial charge on any atom is 0.168 e. The van der Waals surface area contributed by atoms with E-state index >= 15 is 0 Å². The molecule has 1 aromatic rings. The van der Waals surface area contributed by atoms with E-state index in [4.69, 9.17) is 21.1 Å². The molecule has 100 valence electrons. The highest BCUT2D eigenvalue weighted by molar-refractivity contribution is 6.32. The molecule has 18 heavy (non-hydrogen) atoms. The summed E-state index contributed by atoms with van der Waals surface area (Å²) in [5.41, 5.74) is 0.806. The van der Waals surface area contributed by atoms with Crippen molar-refractivity contribution in [2.75, 3.05) is 14.2 Å². The first-order valence-corrected chi connectivity index (χ1v) is 6.49. The van der Waals surface area contributed by atoms with Crippen LogP contribution in [-0.4, -0.2) is 19.3 Å². The van der Waals surface area contributed by atoms with E-state index < -0.39 is 5.60 Å². The van der Waals surface area contributed by atoms with Gasteiger partial charge in [0.05, 0.1) is 24.8 Å². The first-order chi connectivity index (χ1) is 8.44. The van der Waals surface area contributed by atoms with Crippen molar-refractivity contribution >= 4 is 11.6 Å². The molecule has 0 heterocycles. The molecule has 1 aliphatic rings. The van der Waals surface area contributed by atoms with Crippen molar-refractivity contribution in [1.29, 1.82) is 0 Å². The molecule has 1 N–H and O–H groups in total. The zero-order chi connectivity index (χ0) is 13.5. The van der Waals surface area contributed by atoms with Gasteiger partial charge < -0.3 is 14.6 Å². The molecular formula is C14H19ClO3. The van der Waals surface area contributed by atoms with Gasteiger partial charge in [-0.15, -0.1) is 0 Å². The fourth-order valence-corrected chi connectivity index (χ4v) is 2.73. The van der Waals surface area contributed by atoms with Crippen LogP contribution >= 0.6 is 11.6 Å². The van der Waals surface area contributed by atoms with Crippen molar-refractivity contribution in [2.45, 2.75) is 38.2 Å². The zero-order valence-corrected chi connectivity index (χ0v) is 12.0. The average Bonchev–Trinajstić information content (AvgIpc) is 3.06. The SMILES string of the molecule is COc1cc(C(C)C)c(Cl)c(C2(O)CC2)c1OC. The van der Waals surface area contributed by atoms with Gasteiger partial charge in [0.25, 0.3) is 0 Å². The maximum atomic E-state index is 10.4. The minimum Gasteiger partial charge on any atom is -0.493 e. The van der Waals surface area contributed by atoms with Crippen LogP contribution in [0.25, 0.3) is 0 Å². The van der Waals surface area contributed by atoms with Crippen molar-refractivity contribution in [3.05, 3.63) is 22.2 Å². The molecule has 0 unspecified atom stereocenters. The van der Waals surface area contributed by atoms with Crippen LogP contribution in [0.1, 0.15) is 43.7 Å². The maximum absolute atomic E-state index is 10.4. The second-order valence-electron chi connectivity index (χ2n) is 5.08. The molecule has 1 fully saturated rings. The Bertz CT molecular complexity index is 465. The van der Waals surface area contributed by atoms with Gasteiger partial charge in [0.15, 0.2) is 11.5 Å². The summed E-state index contributed by atoms with van der Waals surface area (Å²) in [6.45, 7) is 4.13. The van der Waals surface area contributed by atoms with Gasteiger partial charge in [-0.1, -0.05) is 25.4 Å². The fraction of sp³-hybridized carbons (Fsp3) is 0.571. The van der Waals surface area contributed by atoms with E-state index in [2.05, 4.69) is 13.8 Å². The summed E-state index contributed by atoms with van der Waals surface area (Å²) in [4.78, 5) is 0. The van der Waals surface area contributed by atoms with Crippen molar-refractivity contribution in [3.8, 4) is 11.5 Å². The Morgan fingerprint density at radius 1 is 1.28 bits per heavy atom. The number of hydrogen-bond acceptors (Lipinski definition) is 3. The lowest BCUT2D eigenvalue weighted by Gasteiger charge is -2.22. The lowest BCUT2D eigenvalue weighted by Crippen LogP contribution is -2.11. The topological polar surface area (TPSA) is 38.7 Å². The lowest BCUT2D eigenvalue weighted by molar-refractivity contribution is 0.146. The van der Waals surface area contributed by atoms with Gasteiger partial charge in [-0.2, -0.15) is 0 Å². The fourth-order valence-electron chi connectivity index (χ4n) is 2.20. The molecule has 4 heteroatoms. The Labute approximate surface area is 113 Å². The van der Waals surface area contributed by atoms with E-state index in [1.807, 2.05) is 6.07 Å².